The number of hydrazine groups is 1. The summed E-state index contributed by atoms with van der Waals surface area (Å²) in [6.07, 6.45) is 3.28. The molecule has 1 aliphatic rings. The van der Waals surface area contributed by atoms with E-state index in [-0.39, 0.29) is 24.3 Å². The lowest BCUT2D eigenvalue weighted by Crippen LogP contribution is -2.46. The van der Waals surface area contributed by atoms with Gasteiger partial charge in [-0.2, -0.15) is 0 Å². The molecule has 0 unspecified atom stereocenters. The Bertz CT molecular complexity index is 791. The molecule has 1 aromatic heterocycles. The SMILES string of the molecule is COc1ccc(OC)c([C@@H]2CCCN2CC(=O)NNC(=O)c2ccco2)c1. The number of hydrogen-bond donors (Lipinski definition) is 2. The van der Waals surface area contributed by atoms with Crippen molar-refractivity contribution in [1.29, 1.82) is 0 Å². The van der Waals surface area contributed by atoms with Gasteiger partial charge in [0.2, 0.25) is 0 Å². The second-order valence-electron chi connectivity index (χ2n) is 6.22. The largest absolute Gasteiger partial charge is 0.497 e. The monoisotopic (exact) mass is 373 g/mol. The Balaban J connectivity index is 1.63. The van der Waals surface area contributed by atoms with Gasteiger partial charge < -0.3 is 13.9 Å². The third-order valence-corrected chi connectivity index (χ3v) is 4.57. The number of hydrogen-bond acceptors (Lipinski definition) is 6. The van der Waals surface area contributed by atoms with Gasteiger partial charge in [-0.25, -0.2) is 0 Å². The molecular formula is C19H23N3O5. The van der Waals surface area contributed by atoms with Crippen molar-refractivity contribution in [1.82, 2.24) is 15.8 Å². The van der Waals surface area contributed by atoms with Crippen LogP contribution in [0.5, 0.6) is 11.5 Å². The van der Waals surface area contributed by atoms with E-state index in [1.807, 2.05) is 18.2 Å². The first-order chi connectivity index (χ1) is 13.1. The van der Waals surface area contributed by atoms with Crippen LogP contribution in [0.25, 0.3) is 0 Å². The minimum absolute atomic E-state index is 0.0431. The number of benzene rings is 1. The van der Waals surface area contributed by atoms with Crippen molar-refractivity contribution < 1.29 is 23.5 Å². The third-order valence-electron chi connectivity index (χ3n) is 4.57. The molecule has 0 bridgehead atoms. The van der Waals surface area contributed by atoms with Gasteiger partial charge in [0.05, 0.1) is 27.0 Å². The number of rotatable bonds is 6. The van der Waals surface area contributed by atoms with Crippen molar-refractivity contribution in [2.24, 2.45) is 0 Å². The quantitative estimate of drug-likeness (QED) is 0.751. The Kier molecular flexibility index (Phi) is 5.97. The maximum atomic E-state index is 12.3. The lowest BCUT2D eigenvalue weighted by atomic mass is 10.0. The Labute approximate surface area is 157 Å². The van der Waals surface area contributed by atoms with E-state index in [0.29, 0.717) is 0 Å². The Morgan fingerprint density at radius 3 is 2.78 bits per heavy atom. The van der Waals surface area contributed by atoms with E-state index in [1.54, 1.807) is 20.3 Å². The number of nitrogens with zero attached hydrogens (tertiary/aromatic N) is 1. The first kappa shape index (κ1) is 18.8. The molecule has 1 aromatic carbocycles. The van der Waals surface area contributed by atoms with Crippen LogP contribution in [0.2, 0.25) is 0 Å². The Morgan fingerprint density at radius 1 is 1.22 bits per heavy atom. The lowest BCUT2D eigenvalue weighted by molar-refractivity contribution is -0.123. The maximum absolute atomic E-state index is 12.3. The van der Waals surface area contributed by atoms with Gasteiger partial charge in [-0.05, 0) is 49.7 Å². The topological polar surface area (TPSA) is 93.0 Å². The molecule has 144 valence electrons. The fourth-order valence-electron chi connectivity index (χ4n) is 3.29. The van der Waals surface area contributed by atoms with Gasteiger partial charge in [0, 0.05) is 11.6 Å². The van der Waals surface area contributed by atoms with Crippen molar-refractivity contribution in [2.45, 2.75) is 18.9 Å². The first-order valence-electron chi connectivity index (χ1n) is 8.71. The summed E-state index contributed by atoms with van der Waals surface area (Å²) in [6.45, 7) is 0.939. The molecule has 1 fully saturated rings. The van der Waals surface area contributed by atoms with Crippen LogP contribution < -0.4 is 20.3 Å². The molecule has 2 amide bonds. The van der Waals surface area contributed by atoms with Gasteiger partial charge in [0.25, 0.3) is 5.91 Å². The molecular weight excluding hydrogens is 350 g/mol. The molecule has 0 saturated carbocycles. The number of amides is 2. The van der Waals surface area contributed by atoms with Crippen molar-refractivity contribution in [3.63, 3.8) is 0 Å². The van der Waals surface area contributed by atoms with Crippen LogP contribution in [0.4, 0.5) is 0 Å². The number of carbonyl (C=O) groups excluding carboxylic acids is 2. The molecule has 0 aliphatic carbocycles. The molecule has 8 nitrogen and oxygen atoms in total. The van der Waals surface area contributed by atoms with Gasteiger partial charge in [0.1, 0.15) is 11.5 Å². The summed E-state index contributed by atoms with van der Waals surface area (Å²) in [6, 6.07) is 8.83. The van der Waals surface area contributed by atoms with E-state index in [2.05, 4.69) is 15.8 Å². The zero-order valence-electron chi connectivity index (χ0n) is 15.4. The van der Waals surface area contributed by atoms with Gasteiger partial charge in [0.15, 0.2) is 5.76 Å². The van der Waals surface area contributed by atoms with Gasteiger partial charge >= 0.3 is 5.91 Å². The van der Waals surface area contributed by atoms with Crippen molar-refractivity contribution in [2.75, 3.05) is 27.3 Å². The van der Waals surface area contributed by atoms with Crippen LogP contribution in [0.15, 0.2) is 41.0 Å². The summed E-state index contributed by atoms with van der Waals surface area (Å²) in [5, 5.41) is 0. The van der Waals surface area contributed by atoms with Crippen LogP contribution >= 0.6 is 0 Å². The molecule has 2 heterocycles. The minimum Gasteiger partial charge on any atom is -0.497 e. The standard InChI is InChI=1S/C19H23N3O5/c1-25-13-7-8-16(26-2)14(11-13)15-5-3-9-22(15)12-18(23)20-21-19(24)17-6-4-10-27-17/h4,6-8,10-11,15H,3,5,9,12H2,1-2H3,(H,20,23)(H,21,24)/t15-/m0/s1. The summed E-state index contributed by atoms with van der Waals surface area (Å²) >= 11 is 0. The van der Waals surface area contributed by atoms with Gasteiger partial charge in [-0.1, -0.05) is 0 Å². The Hall–Kier alpha value is -3.00. The van der Waals surface area contributed by atoms with Crippen LogP contribution in [-0.4, -0.2) is 44.0 Å². The summed E-state index contributed by atoms with van der Waals surface area (Å²) in [7, 11) is 3.24. The van der Waals surface area contributed by atoms with Crippen molar-refractivity contribution in [3.05, 3.63) is 47.9 Å². The molecule has 1 saturated heterocycles. The molecule has 0 radical (unpaired) electrons. The van der Waals surface area contributed by atoms with Gasteiger partial charge in [-0.3, -0.25) is 25.3 Å². The van der Waals surface area contributed by atoms with Crippen LogP contribution in [-0.2, 0) is 4.79 Å². The van der Waals surface area contributed by atoms with Crippen molar-refractivity contribution in [3.8, 4) is 11.5 Å². The molecule has 3 rings (SSSR count). The molecule has 1 atom stereocenters. The second-order valence-corrected chi connectivity index (χ2v) is 6.22. The highest BCUT2D eigenvalue weighted by molar-refractivity contribution is 5.93. The highest BCUT2D eigenvalue weighted by Crippen LogP contribution is 2.38. The molecule has 1 aliphatic heterocycles. The molecule has 0 spiro atoms. The molecule has 27 heavy (non-hydrogen) atoms. The van der Waals surface area contributed by atoms with Crippen LogP contribution in [0, 0.1) is 0 Å². The van der Waals surface area contributed by atoms with E-state index >= 15 is 0 Å². The van der Waals surface area contributed by atoms with E-state index in [4.69, 9.17) is 13.9 Å². The number of ether oxygens (including phenoxy) is 2. The van der Waals surface area contributed by atoms with E-state index in [1.165, 1.54) is 12.3 Å². The average molecular weight is 373 g/mol. The predicted octanol–water partition coefficient (Wildman–Crippen LogP) is 1.89. The number of nitrogens with one attached hydrogen (secondary N) is 2. The van der Waals surface area contributed by atoms with E-state index in [9.17, 15) is 9.59 Å². The first-order valence-corrected chi connectivity index (χ1v) is 8.71. The summed E-state index contributed by atoms with van der Waals surface area (Å²) in [4.78, 5) is 26.2. The van der Waals surface area contributed by atoms with E-state index in [0.717, 1.165) is 36.4 Å². The van der Waals surface area contributed by atoms with Crippen LogP contribution in [0.3, 0.4) is 0 Å². The van der Waals surface area contributed by atoms with Crippen molar-refractivity contribution >= 4 is 11.8 Å². The van der Waals surface area contributed by atoms with E-state index < -0.39 is 5.91 Å². The third kappa shape index (κ3) is 4.40. The summed E-state index contributed by atoms with van der Waals surface area (Å²) < 4.78 is 15.8. The fourth-order valence-corrected chi connectivity index (χ4v) is 3.29. The highest BCUT2D eigenvalue weighted by Gasteiger charge is 2.30. The number of carbonyl (C=O) groups is 2. The summed E-state index contributed by atoms with van der Waals surface area (Å²) in [5.41, 5.74) is 5.76. The normalized spacial score (nSPS) is 16.7. The fraction of sp³-hybridized carbons (Fsp3) is 0.368. The molecule has 2 aromatic rings. The second kappa shape index (κ2) is 8.59. The maximum Gasteiger partial charge on any atom is 0.305 e. The predicted molar refractivity (Wildman–Crippen MR) is 97.4 cm³/mol. The number of methoxy groups -OCH3 is 2. The lowest BCUT2D eigenvalue weighted by Gasteiger charge is -2.26. The van der Waals surface area contributed by atoms with Crippen LogP contribution in [0.1, 0.15) is 35.0 Å². The Morgan fingerprint density at radius 2 is 2.07 bits per heavy atom. The number of furan rings is 1. The number of likely N-dealkylation sites (tertiary alicyclic amines) is 1. The molecule has 2 N–H and O–H groups in total. The highest BCUT2D eigenvalue weighted by atomic mass is 16.5. The summed E-state index contributed by atoms with van der Waals surface area (Å²) in [5.74, 6) is 0.840. The average Bonchev–Trinajstić information content (AvgIpc) is 3.37. The zero-order chi connectivity index (χ0) is 19.2. The molecule has 8 heteroatoms. The minimum atomic E-state index is -0.499. The van der Waals surface area contributed by atoms with Gasteiger partial charge in [-0.15, -0.1) is 0 Å². The zero-order valence-corrected chi connectivity index (χ0v) is 15.4. The smallest absolute Gasteiger partial charge is 0.305 e.